The molecule has 1 aromatic rings. The van der Waals surface area contributed by atoms with Crippen molar-refractivity contribution in [1.82, 2.24) is 9.78 Å². The first-order valence-electron chi connectivity index (χ1n) is 2.45. The zero-order valence-electron chi connectivity index (χ0n) is 5.11. The molecule has 0 spiro atoms. The van der Waals surface area contributed by atoms with Gasteiger partial charge in [0.15, 0.2) is 3.70 Å². The van der Waals surface area contributed by atoms with E-state index >= 15 is 0 Å². The van der Waals surface area contributed by atoms with Crippen LogP contribution in [0.15, 0.2) is 6.20 Å². The molecule has 0 N–H and O–H groups in total. The maximum Gasteiger partial charge on any atom is 0.320 e. The first-order chi connectivity index (χ1) is 4.61. The summed E-state index contributed by atoms with van der Waals surface area (Å²) in [4.78, 5) is 9.73. The third-order valence-electron chi connectivity index (χ3n) is 0.963. The Morgan fingerprint density at radius 2 is 2.50 bits per heavy atom. The fourth-order valence-electron chi connectivity index (χ4n) is 0.571. The minimum absolute atomic E-state index is 0.0584. The van der Waals surface area contributed by atoms with Gasteiger partial charge < -0.3 is 0 Å². The van der Waals surface area contributed by atoms with E-state index in [2.05, 4.69) is 5.10 Å². The third-order valence-corrected chi connectivity index (χ3v) is 1.73. The highest BCUT2D eigenvalue weighted by atomic mass is 127. The Morgan fingerprint density at radius 1 is 1.90 bits per heavy atom. The summed E-state index contributed by atoms with van der Waals surface area (Å²) >= 11 is 1.82. The molecule has 0 bridgehead atoms. The molecule has 0 aliphatic heterocycles. The Kier molecular flexibility index (Phi) is 1.88. The van der Waals surface area contributed by atoms with Gasteiger partial charge in [-0.15, -0.1) is 0 Å². The van der Waals surface area contributed by atoms with Crippen LogP contribution in [-0.2, 0) is 7.05 Å². The number of rotatable bonds is 1. The summed E-state index contributed by atoms with van der Waals surface area (Å²) in [5, 5.41) is 14.0. The van der Waals surface area contributed by atoms with Crippen LogP contribution >= 0.6 is 22.6 Å². The monoisotopic (exact) mass is 253 g/mol. The molecular weight excluding hydrogens is 249 g/mol. The molecule has 5 nitrogen and oxygen atoms in total. The van der Waals surface area contributed by atoms with Crippen LogP contribution in [0.4, 0.5) is 5.69 Å². The average Bonchev–Trinajstić information content (AvgIpc) is 2.10. The molecule has 1 rings (SSSR count). The van der Waals surface area contributed by atoms with Gasteiger partial charge in [-0.1, -0.05) is 0 Å². The van der Waals surface area contributed by atoms with Crippen molar-refractivity contribution in [2.24, 2.45) is 7.05 Å². The van der Waals surface area contributed by atoms with Gasteiger partial charge in [-0.25, -0.2) is 0 Å². The number of hydrogen-bond donors (Lipinski definition) is 0. The summed E-state index contributed by atoms with van der Waals surface area (Å²) in [6.07, 6.45) is 1.38. The molecule has 0 fully saturated rings. The number of halogens is 1. The molecule has 0 unspecified atom stereocenters. The van der Waals surface area contributed by atoms with Gasteiger partial charge in [0.2, 0.25) is 0 Å². The Hall–Kier alpha value is -0.660. The third kappa shape index (κ3) is 1.25. The predicted molar refractivity (Wildman–Crippen MR) is 42.6 cm³/mol. The second kappa shape index (κ2) is 2.52. The summed E-state index contributed by atoms with van der Waals surface area (Å²) in [5.41, 5.74) is 0.0584. The van der Waals surface area contributed by atoms with Crippen molar-refractivity contribution in [2.45, 2.75) is 0 Å². The molecule has 0 aliphatic carbocycles. The van der Waals surface area contributed by atoms with Crippen LogP contribution in [0.2, 0.25) is 0 Å². The van der Waals surface area contributed by atoms with Crippen LogP contribution in [0.5, 0.6) is 0 Å². The second-order valence-electron chi connectivity index (χ2n) is 1.74. The summed E-state index contributed by atoms with van der Waals surface area (Å²) < 4.78 is 1.84. The molecule has 0 amide bonds. The second-order valence-corrected chi connectivity index (χ2v) is 2.76. The fourth-order valence-corrected chi connectivity index (χ4v) is 1.25. The standard InChI is InChI=1S/C4H4IN3O2/c1-7-2-3(8(9)10)4(5)6-7/h2H,1H3. The van der Waals surface area contributed by atoms with Gasteiger partial charge >= 0.3 is 5.69 Å². The molecule has 54 valence electrons. The molecule has 0 saturated heterocycles. The van der Waals surface area contributed by atoms with Crippen molar-refractivity contribution >= 4 is 28.3 Å². The van der Waals surface area contributed by atoms with Crippen molar-refractivity contribution in [3.05, 3.63) is 20.0 Å². The number of hydrogen-bond acceptors (Lipinski definition) is 3. The molecule has 1 aromatic heterocycles. The van der Waals surface area contributed by atoms with Crippen molar-refractivity contribution in [3.8, 4) is 0 Å². The average molecular weight is 253 g/mol. The minimum atomic E-state index is -0.450. The van der Waals surface area contributed by atoms with Gasteiger partial charge in [-0.2, -0.15) is 5.10 Å². The van der Waals surface area contributed by atoms with Gasteiger partial charge in [-0.05, 0) is 22.6 Å². The topological polar surface area (TPSA) is 61.0 Å². The van der Waals surface area contributed by atoms with Gasteiger partial charge in [-0.3, -0.25) is 14.8 Å². The summed E-state index contributed by atoms with van der Waals surface area (Å²) in [6.45, 7) is 0. The van der Waals surface area contributed by atoms with E-state index in [1.54, 1.807) is 7.05 Å². The lowest BCUT2D eigenvalue weighted by atomic mass is 10.6. The van der Waals surface area contributed by atoms with Crippen LogP contribution in [0, 0.1) is 13.8 Å². The zero-order chi connectivity index (χ0) is 7.72. The largest absolute Gasteiger partial charge is 0.320 e. The Balaban J connectivity index is 3.15. The van der Waals surface area contributed by atoms with Crippen molar-refractivity contribution in [3.63, 3.8) is 0 Å². The number of nitrogens with zero attached hydrogens (tertiary/aromatic N) is 3. The van der Waals surface area contributed by atoms with Gasteiger partial charge in [0.05, 0.1) is 4.92 Å². The SMILES string of the molecule is Cn1cc([N+](=O)[O-])c(I)n1. The lowest BCUT2D eigenvalue weighted by molar-refractivity contribution is -0.385. The molecule has 0 aliphatic rings. The van der Waals surface area contributed by atoms with E-state index in [0.717, 1.165) is 0 Å². The van der Waals surface area contributed by atoms with E-state index < -0.39 is 4.92 Å². The zero-order valence-corrected chi connectivity index (χ0v) is 7.27. The highest BCUT2D eigenvalue weighted by Crippen LogP contribution is 2.16. The number of nitro groups is 1. The van der Waals surface area contributed by atoms with E-state index in [1.807, 2.05) is 22.6 Å². The highest BCUT2D eigenvalue weighted by Gasteiger charge is 2.14. The Bertz CT molecular complexity index is 269. The smallest absolute Gasteiger partial charge is 0.268 e. The number of aromatic nitrogens is 2. The molecule has 0 radical (unpaired) electrons. The maximum absolute atomic E-state index is 10.2. The molecule has 0 atom stereocenters. The van der Waals surface area contributed by atoms with E-state index in [1.165, 1.54) is 10.9 Å². The van der Waals surface area contributed by atoms with Crippen molar-refractivity contribution in [2.75, 3.05) is 0 Å². The molecule has 0 saturated carbocycles. The molecule has 10 heavy (non-hydrogen) atoms. The molecule has 6 heteroatoms. The first kappa shape index (κ1) is 7.45. The summed E-state index contributed by atoms with van der Waals surface area (Å²) in [5.74, 6) is 0. The van der Waals surface area contributed by atoms with E-state index in [4.69, 9.17) is 0 Å². The van der Waals surface area contributed by atoms with Crippen molar-refractivity contribution < 1.29 is 4.92 Å². The molecule has 1 heterocycles. The molecule has 0 aromatic carbocycles. The highest BCUT2D eigenvalue weighted by molar-refractivity contribution is 14.1. The van der Waals surface area contributed by atoms with E-state index in [0.29, 0.717) is 3.70 Å². The van der Waals surface area contributed by atoms with Crippen LogP contribution in [-0.4, -0.2) is 14.7 Å². The number of aryl methyl sites for hydroxylation is 1. The molecular formula is C4H4IN3O2. The Morgan fingerprint density at radius 3 is 2.70 bits per heavy atom. The van der Waals surface area contributed by atoms with Gasteiger partial charge in [0.1, 0.15) is 6.20 Å². The fraction of sp³-hybridized carbons (Fsp3) is 0.250. The van der Waals surface area contributed by atoms with Crippen molar-refractivity contribution in [1.29, 1.82) is 0 Å². The quantitative estimate of drug-likeness (QED) is 0.425. The van der Waals surface area contributed by atoms with E-state index in [9.17, 15) is 10.1 Å². The Labute approximate surface area is 70.3 Å². The summed E-state index contributed by atoms with van der Waals surface area (Å²) in [6, 6.07) is 0. The van der Waals surface area contributed by atoms with Crippen LogP contribution < -0.4 is 0 Å². The lowest BCUT2D eigenvalue weighted by Gasteiger charge is -1.80. The first-order valence-corrected chi connectivity index (χ1v) is 3.52. The van der Waals surface area contributed by atoms with Crippen LogP contribution in [0.3, 0.4) is 0 Å². The van der Waals surface area contributed by atoms with E-state index in [-0.39, 0.29) is 5.69 Å². The van der Waals surface area contributed by atoms with Crippen LogP contribution in [0.25, 0.3) is 0 Å². The lowest BCUT2D eigenvalue weighted by Crippen LogP contribution is -1.86. The van der Waals surface area contributed by atoms with Gasteiger partial charge in [0.25, 0.3) is 0 Å². The summed E-state index contributed by atoms with van der Waals surface area (Å²) in [7, 11) is 1.65. The van der Waals surface area contributed by atoms with Crippen LogP contribution in [0.1, 0.15) is 0 Å². The minimum Gasteiger partial charge on any atom is -0.268 e. The predicted octanol–water partition coefficient (Wildman–Crippen LogP) is 0.933. The normalized spacial score (nSPS) is 9.80. The maximum atomic E-state index is 10.2. The van der Waals surface area contributed by atoms with Gasteiger partial charge in [0, 0.05) is 7.05 Å².